The number of hydrogen-bond donors (Lipinski definition) is 1. The van der Waals surface area contributed by atoms with Crippen molar-refractivity contribution in [2.24, 2.45) is 0 Å². The van der Waals surface area contributed by atoms with Crippen LogP contribution >= 0.6 is 11.3 Å². The summed E-state index contributed by atoms with van der Waals surface area (Å²) >= 11 is 1.64. The van der Waals surface area contributed by atoms with Crippen LogP contribution in [0, 0.1) is 11.3 Å². The Kier molecular flexibility index (Phi) is 3.94. The van der Waals surface area contributed by atoms with Gasteiger partial charge >= 0.3 is 0 Å². The van der Waals surface area contributed by atoms with Crippen molar-refractivity contribution in [1.29, 1.82) is 5.26 Å². The molecule has 0 bridgehead atoms. The Labute approximate surface area is 104 Å². The summed E-state index contributed by atoms with van der Waals surface area (Å²) < 4.78 is 0. The van der Waals surface area contributed by atoms with Gasteiger partial charge in [-0.25, -0.2) is 4.98 Å². The fraction of sp³-hybridized carbons (Fsp3) is 0.545. The fourth-order valence-electron chi connectivity index (χ4n) is 1.94. The molecule has 0 unspecified atom stereocenters. The predicted octanol–water partition coefficient (Wildman–Crippen LogP) is 1.14. The van der Waals surface area contributed by atoms with E-state index in [9.17, 15) is 4.79 Å². The molecule has 0 saturated carbocycles. The number of nitrogens with zero attached hydrogens (tertiary/aromatic N) is 3. The third kappa shape index (κ3) is 3.17. The molecule has 0 spiro atoms. The zero-order valence-corrected chi connectivity index (χ0v) is 10.2. The Morgan fingerprint density at radius 2 is 2.41 bits per heavy atom. The molecule has 1 aromatic heterocycles. The van der Waals surface area contributed by atoms with Gasteiger partial charge in [0, 0.05) is 30.7 Å². The Hall–Kier alpha value is -1.61. The number of anilines is 1. The Morgan fingerprint density at radius 3 is 3.00 bits per heavy atom. The average molecular weight is 250 g/mol. The van der Waals surface area contributed by atoms with E-state index in [1.165, 1.54) is 0 Å². The molecular weight excluding hydrogens is 236 g/mol. The van der Waals surface area contributed by atoms with Crippen molar-refractivity contribution < 1.29 is 4.79 Å². The number of nitrogens with one attached hydrogen (secondary N) is 1. The first-order chi connectivity index (χ1) is 8.29. The number of carbonyl (C=O) groups is 1. The van der Waals surface area contributed by atoms with E-state index in [4.69, 9.17) is 5.26 Å². The lowest BCUT2D eigenvalue weighted by Gasteiger charge is -2.31. The lowest BCUT2D eigenvalue weighted by Crippen LogP contribution is -2.44. The Bertz CT molecular complexity index is 404. The number of carbonyl (C=O) groups excluding carboxylic acids is 1. The number of nitriles is 1. The Balaban J connectivity index is 1.79. The van der Waals surface area contributed by atoms with Crippen LogP contribution in [0.25, 0.3) is 0 Å². The van der Waals surface area contributed by atoms with E-state index in [0.29, 0.717) is 0 Å². The molecule has 1 aliphatic rings. The molecule has 1 aromatic rings. The molecule has 0 aliphatic carbocycles. The molecule has 0 aromatic carbocycles. The molecule has 1 amide bonds. The highest BCUT2D eigenvalue weighted by Crippen LogP contribution is 2.21. The first kappa shape index (κ1) is 11.9. The standard InChI is InChI=1S/C11H14N4OS/c12-4-1-10(16)14-9-2-6-15(7-3-9)11-13-5-8-17-11/h5,8-9H,1-3,6-7H2,(H,14,16). The van der Waals surface area contributed by atoms with E-state index >= 15 is 0 Å². The molecule has 1 aliphatic heterocycles. The quantitative estimate of drug-likeness (QED) is 0.873. The molecule has 2 heterocycles. The van der Waals surface area contributed by atoms with E-state index in [0.717, 1.165) is 31.1 Å². The minimum atomic E-state index is -0.166. The lowest BCUT2D eigenvalue weighted by atomic mass is 10.1. The van der Waals surface area contributed by atoms with E-state index < -0.39 is 0 Å². The normalized spacial score (nSPS) is 16.5. The summed E-state index contributed by atoms with van der Waals surface area (Å²) in [5.74, 6) is -0.166. The molecule has 2 rings (SSSR count). The number of piperidine rings is 1. The summed E-state index contributed by atoms with van der Waals surface area (Å²) in [5, 5.41) is 14.3. The maximum Gasteiger partial charge on any atom is 0.234 e. The molecule has 1 N–H and O–H groups in total. The number of hydrogen-bond acceptors (Lipinski definition) is 5. The largest absolute Gasteiger partial charge is 0.352 e. The van der Waals surface area contributed by atoms with Crippen molar-refractivity contribution >= 4 is 22.4 Å². The van der Waals surface area contributed by atoms with Gasteiger partial charge in [-0.1, -0.05) is 0 Å². The minimum absolute atomic E-state index is 0.0489. The molecule has 1 fully saturated rings. The maximum atomic E-state index is 11.3. The van der Waals surface area contributed by atoms with Crippen LogP contribution in [0.15, 0.2) is 11.6 Å². The third-order valence-electron chi connectivity index (χ3n) is 2.79. The zero-order valence-electron chi connectivity index (χ0n) is 9.43. The fourth-order valence-corrected chi connectivity index (χ4v) is 2.63. The first-order valence-corrected chi connectivity index (χ1v) is 6.48. The van der Waals surface area contributed by atoms with E-state index in [1.54, 1.807) is 17.5 Å². The van der Waals surface area contributed by atoms with Gasteiger partial charge in [-0.05, 0) is 12.8 Å². The first-order valence-electron chi connectivity index (χ1n) is 5.60. The van der Waals surface area contributed by atoms with Gasteiger partial charge in [0.05, 0.1) is 6.07 Å². The molecule has 0 atom stereocenters. The molecule has 5 nitrogen and oxygen atoms in total. The summed E-state index contributed by atoms with van der Waals surface area (Å²) in [7, 11) is 0. The van der Waals surface area contributed by atoms with Gasteiger partial charge in [0.1, 0.15) is 6.42 Å². The number of thiazole rings is 1. The minimum Gasteiger partial charge on any atom is -0.352 e. The monoisotopic (exact) mass is 250 g/mol. The predicted molar refractivity (Wildman–Crippen MR) is 65.7 cm³/mol. The highest BCUT2D eigenvalue weighted by atomic mass is 32.1. The summed E-state index contributed by atoms with van der Waals surface area (Å²) in [6.45, 7) is 1.82. The summed E-state index contributed by atoms with van der Waals surface area (Å²) in [6, 6.07) is 2.06. The van der Waals surface area contributed by atoms with E-state index in [2.05, 4.69) is 15.2 Å². The summed E-state index contributed by atoms with van der Waals surface area (Å²) in [4.78, 5) is 17.8. The van der Waals surface area contributed by atoms with Gasteiger partial charge < -0.3 is 10.2 Å². The van der Waals surface area contributed by atoms with Crippen LogP contribution in [0.5, 0.6) is 0 Å². The topological polar surface area (TPSA) is 69.0 Å². The molecular formula is C11H14N4OS. The molecule has 1 saturated heterocycles. The molecule has 90 valence electrons. The summed E-state index contributed by atoms with van der Waals surface area (Å²) in [5.41, 5.74) is 0. The van der Waals surface area contributed by atoms with Gasteiger partial charge in [-0.15, -0.1) is 11.3 Å². The molecule has 6 heteroatoms. The van der Waals surface area contributed by atoms with Crippen LogP contribution in [0.3, 0.4) is 0 Å². The van der Waals surface area contributed by atoms with Gasteiger partial charge in [-0.3, -0.25) is 4.79 Å². The van der Waals surface area contributed by atoms with Crippen LogP contribution in [0.1, 0.15) is 19.3 Å². The second-order valence-corrected chi connectivity index (χ2v) is 4.85. The van der Waals surface area contributed by atoms with Crippen molar-refractivity contribution in [2.75, 3.05) is 18.0 Å². The average Bonchev–Trinajstić information content (AvgIpc) is 2.84. The van der Waals surface area contributed by atoms with E-state index in [1.807, 2.05) is 11.4 Å². The van der Waals surface area contributed by atoms with Gasteiger partial charge in [-0.2, -0.15) is 5.26 Å². The van der Waals surface area contributed by atoms with Crippen LogP contribution < -0.4 is 10.2 Å². The van der Waals surface area contributed by atoms with Gasteiger partial charge in [0.15, 0.2) is 5.13 Å². The zero-order chi connectivity index (χ0) is 12.1. The van der Waals surface area contributed by atoms with Crippen LogP contribution in [-0.2, 0) is 4.79 Å². The maximum absolute atomic E-state index is 11.3. The van der Waals surface area contributed by atoms with Crippen molar-refractivity contribution in [3.05, 3.63) is 11.6 Å². The van der Waals surface area contributed by atoms with Crippen molar-refractivity contribution in [2.45, 2.75) is 25.3 Å². The van der Waals surface area contributed by atoms with Crippen LogP contribution in [-0.4, -0.2) is 30.0 Å². The number of rotatable bonds is 3. The number of aromatic nitrogens is 1. The van der Waals surface area contributed by atoms with Gasteiger partial charge in [0.2, 0.25) is 5.91 Å². The van der Waals surface area contributed by atoms with Crippen molar-refractivity contribution in [3.63, 3.8) is 0 Å². The SMILES string of the molecule is N#CCC(=O)NC1CCN(c2nccs2)CC1. The highest BCUT2D eigenvalue weighted by molar-refractivity contribution is 7.13. The Morgan fingerprint density at radius 1 is 1.65 bits per heavy atom. The second kappa shape index (κ2) is 5.64. The third-order valence-corrected chi connectivity index (χ3v) is 3.62. The van der Waals surface area contributed by atoms with Crippen molar-refractivity contribution in [1.82, 2.24) is 10.3 Å². The van der Waals surface area contributed by atoms with Crippen molar-refractivity contribution in [3.8, 4) is 6.07 Å². The van der Waals surface area contributed by atoms with Crippen LogP contribution in [0.2, 0.25) is 0 Å². The highest BCUT2D eigenvalue weighted by Gasteiger charge is 2.21. The lowest BCUT2D eigenvalue weighted by molar-refractivity contribution is -0.120. The molecule has 0 radical (unpaired) electrons. The second-order valence-electron chi connectivity index (χ2n) is 3.98. The molecule has 17 heavy (non-hydrogen) atoms. The van der Waals surface area contributed by atoms with Gasteiger partial charge in [0.25, 0.3) is 0 Å². The van der Waals surface area contributed by atoms with Crippen LogP contribution in [0.4, 0.5) is 5.13 Å². The summed E-state index contributed by atoms with van der Waals surface area (Å²) in [6.07, 6.45) is 3.58. The smallest absolute Gasteiger partial charge is 0.234 e. The number of amides is 1. The van der Waals surface area contributed by atoms with E-state index in [-0.39, 0.29) is 18.4 Å².